The Kier molecular flexibility index (Phi) is 5.72. The number of amides is 1. The van der Waals surface area contributed by atoms with E-state index in [1.807, 2.05) is 63.1 Å². The fraction of sp³-hybridized carbons (Fsp3) is 0.233. The largest absolute Gasteiger partial charge is 0.507 e. The number of nitrogens with zero attached hydrogens (tertiary/aromatic N) is 3. The maximum atomic E-state index is 13.6. The molecule has 2 aliphatic heterocycles. The van der Waals surface area contributed by atoms with E-state index in [4.69, 9.17) is 9.72 Å². The van der Waals surface area contributed by atoms with Gasteiger partial charge in [-0.15, -0.1) is 0 Å². The van der Waals surface area contributed by atoms with Crippen LogP contribution >= 0.6 is 11.3 Å². The molecule has 2 aliphatic rings. The molecule has 3 heterocycles. The van der Waals surface area contributed by atoms with Crippen LogP contribution in [0.15, 0.2) is 60.2 Å². The number of aliphatic hydroxyl groups excluding tert-OH is 1. The van der Waals surface area contributed by atoms with Crippen molar-refractivity contribution in [3.8, 4) is 5.75 Å². The lowest BCUT2D eigenvalue weighted by atomic mass is 9.94. The molecule has 1 fully saturated rings. The van der Waals surface area contributed by atoms with Crippen molar-refractivity contribution < 1.29 is 19.4 Å². The van der Waals surface area contributed by atoms with Crippen LogP contribution in [0.25, 0.3) is 16.0 Å². The summed E-state index contributed by atoms with van der Waals surface area (Å²) >= 11 is 1.37. The van der Waals surface area contributed by atoms with Gasteiger partial charge >= 0.3 is 5.91 Å². The predicted octanol–water partition coefficient (Wildman–Crippen LogP) is 5.68. The standard InChI is InChI=1S/C30H27N3O4S/c1-16-6-5-7-19(12-16)26-25(27(34)20-8-9-23-22(15-20)32(4)10-11-37-23)28(35)29(36)33(26)30-31-21-13-17(2)18(3)14-24(21)38-30/h5-9,12-15,26,34H,10-11H2,1-4H3/b27-25+. The minimum atomic E-state index is -0.817. The van der Waals surface area contributed by atoms with Gasteiger partial charge in [0.15, 0.2) is 5.13 Å². The number of aliphatic hydroxyl groups is 1. The minimum absolute atomic E-state index is 0.0477. The highest BCUT2D eigenvalue weighted by Gasteiger charge is 2.48. The molecule has 6 rings (SSSR count). The van der Waals surface area contributed by atoms with E-state index in [9.17, 15) is 14.7 Å². The Morgan fingerprint density at radius 2 is 1.84 bits per heavy atom. The Morgan fingerprint density at radius 3 is 2.63 bits per heavy atom. The number of ether oxygens (including phenoxy) is 1. The first-order valence-corrected chi connectivity index (χ1v) is 13.3. The van der Waals surface area contributed by atoms with Crippen LogP contribution in [0.3, 0.4) is 0 Å². The third-order valence-corrected chi connectivity index (χ3v) is 8.35. The number of fused-ring (bicyclic) bond motifs is 2. The monoisotopic (exact) mass is 525 g/mol. The molecular formula is C30H27N3O4S. The average molecular weight is 526 g/mol. The summed E-state index contributed by atoms with van der Waals surface area (Å²) in [5.74, 6) is -0.940. The van der Waals surface area contributed by atoms with E-state index in [0.717, 1.165) is 38.2 Å². The molecule has 4 aromatic rings. The molecule has 7 nitrogen and oxygen atoms in total. The molecule has 0 bridgehead atoms. The summed E-state index contributed by atoms with van der Waals surface area (Å²) in [6, 6.07) is 16.2. The quantitative estimate of drug-likeness (QED) is 0.211. The summed E-state index contributed by atoms with van der Waals surface area (Å²) in [5, 5.41) is 12.0. The van der Waals surface area contributed by atoms with E-state index in [1.54, 1.807) is 18.2 Å². The fourth-order valence-corrected chi connectivity index (χ4v) is 6.18. The summed E-state index contributed by atoms with van der Waals surface area (Å²) in [6.07, 6.45) is 0. The molecule has 1 atom stereocenters. The number of aryl methyl sites for hydroxylation is 3. The number of hydrogen-bond acceptors (Lipinski definition) is 7. The molecule has 8 heteroatoms. The maximum absolute atomic E-state index is 13.6. The summed E-state index contributed by atoms with van der Waals surface area (Å²) in [7, 11) is 1.95. The normalized spacial score (nSPS) is 18.7. The van der Waals surface area contributed by atoms with Crippen molar-refractivity contribution in [3.63, 3.8) is 0 Å². The second kappa shape index (κ2) is 8.99. The van der Waals surface area contributed by atoms with Crippen molar-refractivity contribution in [2.75, 3.05) is 30.0 Å². The molecule has 1 aromatic heterocycles. The first-order chi connectivity index (χ1) is 18.2. The van der Waals surface area contributed by atoms with Gasteiger partial charge in [-0.25, -0.2) is 4.98 Å². The number of thiazole rings is 1. The van der Waals surface area contributed by atoms with Crippen molar-refractivity contribution in [2.24, 2.45) is 0 Å². The average Bonchev–Trinajstić information content (AvgIpc) is 3.41. The number of aromatic nitrogens is 1. The predicted molar refractivity (Wildman–Crippen MR) is 150 cm³/mol. The zero-order valence-corrected chi connectivity index (χ0v) is 22.4. The summed E-state index contributed by atoms with van der Waals surface area (Å²) in [6.45, 7) is 7.30. The van der Waals surface area contributed by atoms with Gasteiger partial charge in [0.2, 0.25) is 0 Å². The van der Waals surface area contributed by atoms with Crippen molar-refractivity contribution >= 4 is 49.8 Å². The van der Waals surface area contributed by atoms with Crippen LogP contribution in [-0.4, -0.2) is 42.0 Å². The lowest BCUT2D eigenvalue weighted by molar-refractivity contribution is -0.132. The second-order valence-corrected chi connectivity index (χ2v) is 10.9. The van der Waals surface area contributed by atoms with Crippen LogP contribution in [0.2, 0.25) is 0 Å². The van der Waals surface area contributed by atoms with Gasteiger partial charge in [0.1, 0.15) is 18.1 Å². The van der Waals surface area contributed by atoms with Gasteiger partial charge < -0.3 is 14.7 Å². The number of hydrogen-bond donors (Lipinski definition) is 1. The molecule has 1 N–H and O–H groups in total. The van der Waals surface area contributed by atoms with E-state index in [0.29, 0.717) is 29.6 Å². The molecule has 38 heavy (non-hydrogen) atoms. The molecule has 1 saturated heterocycles. The van der Waals surface area contributed by atoms with Crippen LogP contribution < -0.4 is 14.5 Å². The fourth-order valence-electron chi connectivity index (χ4n) is 5.11. The SMILES string of the molecule is Cc1cccc(C2/C(=C(\O)c3ccc4c(c3)N(C)CCO4)C(=O)C(=O)N2c2nc3cc(C)c(C)cc3s2)c1. The number of rotatable bonds is 3. The first-order valence-electron chi connectivity index (χ1n) is 12.5. The number of carbonyl (C=O) groups is 2. The zero-order chi connectivity index (χ0) is 26.7. The van der Waals surface area contributed by atoms with Gasteiger partial charge in [-0.3, -0.25) is 14.5 Å². The van der Waals surface area contributed by atoms with E-state index < -0.39 is 17.7 Å². The number of ketones is 1. The van der Waals surface area contributed by atoms with Crippen LogP contribution in [0, 0.1) is 20.8 Å². The van der Waals surface area contributed by atoms with E-state index in [-0.39, 0.29) is 11.3 Å². The van der Waals surface area contributed by atoms with Crippen LogP contribution in [0.4, 0.5) is 10.8 Å². The van der Waals surface area contributed by atoms with Gasteiger partial charge in [-0.05, 0) is 67.8 Å². The van der Waals surface area contributed by atoms with E-state index in [1.165, 1.54) is 16.2 Å². The second-order valence-electron chi connectivity index (χ2n) is 9.94. The number of Topliss-reactive ketones (excluding diaryl/α,β-unsaturated/α-hetero) is 1. The molecule has 1 unspecified atom stereocenters. The Hall–Kier alpha value is -4.17. The molecule has 0 spiro atoms. The van der Waals surface area contributed by atoms with Gasteiger partial charge in [-0.2, -0.15) is 0 Å². The number of likely N-dealkylation sites (N-methyl/N-ethyl adjacent to an activating group) is 1. The molecule has 0 radical (unpaired) electrons. The summed E-state index contributed by atoms with van der Waals surface area (Å²) < 4.78 is 6.68. The van der Waals surface area contributed by atoms with Crippen LogP contribution in [0.1, 0.15) is 33.9 Å². The van der Waals surface area contributed by atoms with Gasteiger partial charge in [0, 0.05) is 12.6 Å². The van der Waals surface area contributed by atoms with E-state index >= 15 is 0 Å². The van der Waals surface area contributed by atoms with Gasteiger partial charge in [0.25, 0.3) is 5.78 Å². The lowest BCUT2D eigenvalue weighted by Crippen LogP contribution is -2.29. The summed E-state index contributed by atoms with van der Waals surface area (Å²) in [4.78, 5) is 35.4. The smallest absolute Gasteiger partial charge is 0.301 e. The zero-order valence-electron chi connectivity index (χ0n) is 21.6. The van der Waals surface area contributed by atoms with Crippen molar-refractivity contribution in [3.05, 3.63) is 88.0 Å². The Balaban J connectivity index is 1.55. The third-order valence-electron chi connectivity index (χ3n) is 7.33. The van der Waals surface area contributed by atoms with Gasteiger partial charge in [0.05, 0.1) is 34.1 Å². The van der Waals surface area contributed by atoms with Crippen LogP contribution in [-0.2, 0) is 9.59 Å². The maximum Gasteiger partial charge on any atom is 0.301 e. The Bertz CT molecular complexity index is 1630. The molecule has 1 amide bonds. The van der Waals surface area contributed by atoms with E-state index in [2.05, 4.69) is 6.07 Å². The molecule has 0 aliphatic carbocycles. The third kappa shape index (κ3) is 3.83. The Morgan fingerprint density at radius 1 is 1.05 bits per heavy atom. The lowest BCUT2D eigenvalue weighted by Gasteiger charge is -2.28. The molecule has 3 aromatic carbocycles. The minimum Gasteiger partial charge on any atom is -0.507 e. The Labute approximate surface area is 224 Å². The van der Waals surface area contributed by atoms with Crippen molar-refractivity contribution in [2.45, 2.75) is 26.8 Å². The van der Waals surface area contributed by atoms with Gasteiger partial charge in [-0.1, -0.05) is 41.2 Å². The highest BCUT2D eigenvalue weighted by atomic mass is 32.1. The molecule has 0 saturated carbocycles. The highest BCUT2D eigenvalue weighted by Crippen LogP contribution is 2.45. The number of carbonyl (C=O) groups excluding carboxylic acids is 2. The summed E-state index contributed by atoms with van der Waals surface area (Å²) in [5.41, 5.74) is 6.04. The van der Waals surface area contributed by atoms with Crippen molar-refractivity contribution in [1.29, 1.82) is 0 Å². The molecule has 192 valence electrons. The number of anilines is 2. The topological polar surface area (TPSA) is 83.0 Å². The molecular weight excluding hydrogens is 498 g/mol. The van der Waals surface area contributed by atoms with Crippen molar-refractivity contribution in [1.82, 2.24) is 4.98 Å². The van der Waals surface area contributed by atoms with Crippen LogP contribution in [0.5, 0.6) is 5.75 Å². The highest BCUT2D eigenvalue weighted by molar-refractivity contribution is 7.22. The number of benzene rings is 3. The first kappa shape index (κ1) is 24.2.